The fourth-order valence-electron chi connectivity index (χ4n) is 5.91. The number of hydrogen-bond acceptors (Lipinski definition) is 2. The van der Waals surface area contributed by atoms with Gasteiger partial charge in [-0.3, -0.25) is 0 Å². The van der Waals surface area contributed by atoms with Gasteiger partial charge in [0.25, 0.3) is 0 Å². The van der Waals surface area contributed by atoms with E-state index in [1.807, 2.05) is 0 Å². The maximum atomic E-state index is 7.69. The van der Waals surface area contributed by atoms with Gasteiger partial charge in [0.2, 0.25) is 0 Å². The van der Waals surface area contributed by atoms with Crippen LogP contribution < -0.4 is 0 Å². The standard InChI is InChI=1S/4C8H17.C2H5O.BrH.O.2Sn/c4*1-3-5-7-8-6-4-2;1-2-3;;;;/h4*1,3-8H2,2H3;2H2,1H3;1H;;;/q;;;;-1;;;2*+1/p-1. The molecule has 0 saturated carbocycles. The molecule has 0 spiro atoms. The summed E-state index contributed by atoms with van der Waals surface area (Å²) < 4.78 is 20.0. The van der Waals surface area contributed by atoms with E-state index in [9.17, 15) is 0 Å². The molecule has 0 aromatic carbocycles. The Balaban J connectivity index is 5.36. The molecule has 0 fully saturated rings. The van der Waals surface area contributed by atoms with Gasteiger partial charge < -0.3 is 0 Å². The van der Waals surface area contributed by atoms with E-state index in [0.29, 0.717) is 0 Å². The molecule has 0 aliphatic heterocycles. The second-order valence-electron chi connectivity index (χ2n) is 12.4. The first kappa shape index (κ1) is 41.0. The van der Waals surface area contributed by atoms with Gasteiger partial charge in [-0.05, 0) is 0 Å². The van der Waals surface area contributed by atoms with E-state index in [0.717, 1.165) is 6.61 Å². The molecular formula is C34H73BrO2Sn2. The van der Waals surface area contributed by atoms with E-state index < -0.39 is 35.8 Å². The summed E-state index contributed by atoms with van der Waals surface area (Å²) in [6, 6.07) is 0. The molecule has 39 heavy (non-hydrogen) atoms. The van der Waals surface area contributed by atoms with Crippen molar-refractivity contribution in [2.75, 3.05) is 6.61 Å². The summed E-state index contributed by atoms with van der Waals surface area (Å²) in [5, 5.41) is 0. The molecule has 0 N–H and O–H groups in total. The fraction of sp³-hybridized carbons (Fsp3) is 1.00. The topological polar surface area (TPSA) is 18.5 Å². The number of unbranched alkanes of at least 4 members (excludes halogenated alkanes) is 20. The quantitative estimate of drug-likeness (QED) is 0.0497. The van der Waals surface area contributed by atoms with Crippen molar-refractivity contribution in [2.45, 2.75) is 206 Å². The van der Waals surface area contributed by atoms with Crippen LogP contribution in [0.2, 0.25) is 17.7 Å². The Bertz CT molecular complexity index is 460. The van der Waals surface area contributed by atoms with Crippen molar-refractivity contribution >= 4 is 48.5 Å². The molecule has 0 atom stereocenters. The van der Waals surface area contributed by atoms with Crippen molar-refractivity contribution in [3.63, 3.8) is 0 Å². The first-order valence-electron chi connectivity index (χ1n) is 18.0. The average Bonchev–Trinajstić information content (AvgIpc) is 2.92. The minimum atomic E-state index is -3.13. The summed E-state index contributed by atoms with van der Waals surface area (Å²) in [7, 11) is 0. The molecule has 0 aromatic heterocycles. The molecule has 0 saturated heterocycles. The Labute approximate surface area is 263 Å². The normalized spacial score (nSPS) is 12.5. The molecule has 0 aliphatic rings. The molecule has 0 heterocycles. The van der Waals surface area contributed by atoms with Gasteiger partial charge in [0.05, 0.1) is 0 Å². The van der Waals surface area contributed by atoms with Crippen molar-refractivity contribution in [2.24, 2.45) is 0 Å². The van der Waals surface area contributed by atoms with Crippen LogP contribution in [0.1, 0.15) is 189 Å². The predicted molar refractivity (Wildman–Crippen MR) is 186 cm³/mol. The molecule has 0 aliphatic carbocycles. The van der Waals surface area contributed by atoms with Gasteiger partial charge in [-0.25, -0.2) is 0 Å². The molecule has 0 radical (unpaired) electrons. The van der Waals surface area contributed by atoms with Crippen LogP contribution in [-0.2, 0) is 4.49 Å². The third-order valence-electron chi connectivity index (χ3n) is 8.41. The molecule has 0 rings (SSSR count). The maximum absolute atomic E-state index is 7.69. The van der Waals surface area contributed by atoms with E-state index >= 15 is 0 Å². The third-order valence-corrected chi connectivity index (χ3v) is 52.2. The van der Waals surface area contributed by atoms with E-state index in [4.69, 9.17) is 4.49 Å². The third kappa shape index (κ3) is 25.1. The van der Waals surface area contributed by atoms with Crippen molar-refractivity contribution in [1.82, 2.24) is 0 Å². The summed E-state index contributed by atoms with van der Waals surface area (Å²) in [5.41, 5.74) is 0. The summed E-state index contributed by atoms with van der Waals surface area (Å²) in [6.45, 7) is 12.4. The van der Waals surface area contributed by atoms with Gasteiger partial charge in [0.15, 0.2) is 0 Å². The predicted octanol–water partition coefficient (Wildman–Crippen LogP) is 13.8. The summed E-state index contributed by atoms with van der Waals surface area (Å²) in [4.78, 5) is 0. The first-order valence-corrected chi connectivity index (χ1v) is 36.0. The van der Waals surface area contributed by atoms with Crippen LogP contribution >= 0.6 is 12.7 Å². The van der Waals surface area contributed by atoms with Gasteiger partial charge in [-0.15, -0.1) is 0 Å². The van der Waals surface area contributed by atoms with Crippen LogP contribution in [0.3, 0.4) is 0 Å². The van der Waals surface area contributed by atoms with E-state index in [2.05, 4.69) is 47.3 Å². The average molecular weight is 831 g/mol. The second kappa shape index (κ2) is 30.0. The Morgan fingerprint density at radius 1 is 0.385 bits per heavy atom. The summed E-state index contributed by atoms with van der Waals surface area (Å²) in [5.74, 6) is 0. The Morgan fingerprint density at radius 2 is 0.667 bits per heavy atom. The number of halogens is 1. The van der Waals surface area contributed by atoms with Gasteiger partial charge in [0.1, 0.15) is 0 Å². The zero-order valence-electron chi connectivity index (χ0n) is 27.7. The van der Waals surface area contributed by atoms with Gasteiger partial charge in [0, 0.05) is 0 Å². The van der Waals surface area contributed by atoms with E-state index in [-0.39, 0.29) is 0 Å². The van der Waals surface area contributed by atoms with Gasteiger partial charge in [-0.1, -0.05) is 0 Å². The van der Waals surface area contributed by atoms with Gasteiger partial charge in [-0.2, -0.15) is 0 Å². The zero-order chi connectivity index (χ0) is 28.9. The first-order chi connectivity index (χ1) is 19.0. The Hall–Kier alpha value is 2.00. The molecule has 236 valence electrons. The van der Waals surface area contributed by atoms with Crippen LogP contribution in [0.15, 0.2) is 0 Å². The van der Waals surface area contributed by atoms with Crippen LogP contribution in [0, 0.1) is 0 Å². The summed E-state index contributed by atoms with van der Waals surface area (Å²) in [6.07, 6.45) is 33.2. The molecule has 0 bridgehead atoms. The van der Waals surface area contributed by atoms with Crippen molar-refractivity contribution in [3.05, 3.63) is 0 Å². The van der Waals surface area contributed by atoms with Crippen LogP contribution in [0.4, 0.5) is 0 Å². The van der Waals surface area contributed by atoms with Crippen molar-refractivity contribution in [3.8, 4) is 0 Å². The van der Waals surface area contributed by atoms with E-state index in [1.165, 1.54) is 172 Å². The molecule has 0 unspecified atom stereocenters. The SMILES string of the molecule is CCCCCCC[CH2][Sn]([Br])([CH2]CCCCCCC)[O][Sn]([CH2]CCCCCCC)([CH2]CCCCCCC)[O]CC. The van der Waals surface area contributed by atoms with E-state index in [1.54, 1.807) is 0 Å². The van der Waals surface area contributed by atoms with Crippen molar-refractivity contribution < 1.29 is 4.49 Å². The monoisotopic (exact) mass is 832 g/mol. The molecule has 0 aromatic rings. The van der Waals surface area contributed by atoms with Crippen molar-refractivity contribution in [1.29, 1.82) is 0 Å². The Kier molecular flexibility index (Phi) is 31.6. The minimum absolute atomic E-state index is 0.866. The van der Waals surface area contributed by atoms with Crippen LogP contribution in [0.25, 0.3) is 0 Å². The molecular weight excluding hydrogens is 758 g/mol. The van der Waals surface area contributed by atoms with Gasteiger partial charge >= 0.3 is 266 Å². The second-order valence-corrected chi connectivity index (χ2v) is 43.4. The summed E-state index contributed by atoms with van der Waals surface area (Å²) >= 11 is -1.48. The number of hydrogen-bond donors (Lipinski definition) is 0. The van der Waals surface area contributed by atoms with Crippen LogP contribution in [-0.4, -0.2) is 42.4 Å². The zero-order valence-corrected chi connectivity index (χ0v) is 35.0. The fourth-order valence-corrected chi connectivity index (χ4v) is 60.6. The molecule has 5 heteroatoms. The Morgan fingerprint density at radius 3 is 0.974 bits per heavy atom. The molecule has 0 amide bonds. The number of rotatable bonds is 32. The molecule has 2 nitrogen and oxygen atoms in total. The van der Waals surface area contributed by atoms with Crippen LogP contribution in [0.5, 0.6) is 0 Å².